The van der Waals surface area contributed by atoms with Gasteiger partial charge in [-0.2, -0.15) is 31.4 Å². The molecule has 0 aliphatic rings. The number of fused-ring (bicyclic) bond motifs is 1. The van der Waals surface area contributed by atoms with Gasteiger partial charge in [0.05, 0.1) is 17.0 Å². The van der Waals surface area contributed by atoms with Crippen molar-refractivity contribution in [3.63, 3.8) is 0 Å². The molecule has 0 saturated carbocycles. The SMILES string of the molecule is Cc1nc(-c2ccccc2C(F)(F)F)nc2nc(-c3cc(C(C)(C)C)nn3C)[nH]c12.O=C(O)C(F)(F)F. The summed E-state index contributed by atoms with van der Waals surface area (Å²) in [5.41, 5.74) is 2.09. The molecule has 8 nitrogen and oxygen atoms in total. The van der Waals surface area contributed by atoms with E-state index in [2.05, 4.69) is 45.8 Å². The zero-order chi connectivity index (χ0) is 27.9. The summed E-state index contributed by atoms with van der Waals surface area (Å²) in [5.74, 6) is -2.23. The summed E-state index contributed by atoms with van der Waals surface area (Å²) in [6.45, 7) is 7.92. The molecule has 3 heterocycles. The number of carboxylic acid groups (broad SMARTS) is 1. The zero-order valence-corrected chi connectivity index (χ0v) is 20.2. The Morgan fingerprint density at radius 2 is 1.59 bits per heavy atom. The van der Waals surface area contributed by atoms with Crippen molar-refractivity contribution < 1.29 is 36.2 Å². The van der Waals surface area contributed by atoms with Crippen LogP contribution in [0.15, 0.2) is 30.3 Å². The molecule has 0 amide bonds. The van der Waals surface area contributed by atoms with Crippen LogP contribution in [0.2, 0.25) is 0 Å². The van der Waals surface area contributed by atoms with Gasteiger partial charge < -0.3 is 10.1 Å². The molecule has 0 radical (unpaired) electrons. The largest absolute Gasteiger partial charge is 0.490 e. The van der Waals surface area contributed by atoms with Crippen LogP contribution in [0.25, 0.3) is 34.1 Å². The molecule has 4 aromatic rings. The fourth-order valence-electron chi connectivity index (χ4n) is 3.26. The second-order valence-electron chi connectivity index (χ2n) is 9.05. The third-order valence-electron chi connectivity index (χ3n) is 5.14. The lowest BCUT2D eigenvalue weighted by atomic mass is 9.92. The minimum absolute atomic E-state index is 0.00800. The third-order valence-corrected chi connectivity index (χ3v) is 5.14. The molecule has 0 fully saturated rings. The molecule has 0 spiro atoms. The highest BCUT2D eigenvalue weighted by molar-refractivity contribution is 5.80. The van der Waals surface area contributed by atoms with Crippen molar-refractivity contribution in [3.05, 3.63) is 47.3 Å². The van der Waals surface area contributed by atoms with Gasteiger partial charge in [-0.3, -0.25) is 4.68 Å². The average molecular weight is 528 g/mol. The van der Waals surface area contributed by atoms with E-state index in [0.717, 1.165) is 17.5 Å². The molecule has 0 aliphatic heterocycles. The summed E-state index contributed by atoms with van der Waals surface area (Å²) < 4.78 is 73.7. The van der Waals surface area contributed by atoms with Gasteiger partial charge in [0, 0.05) is 18.0 Å². The van der Waals surface area contributed by atoms with E-state index in [1.54, 1.807) is 11.6 Å². The van der Waals surface area contributed by atoms with Crippen LogP contribution in [0.3, 0.4) is 0 Å². The molecule has 0 bridgehead atoms. The third kappa shape index (κ3) is 6.06. The summed E-state index contributed by atoms with van der Waals surface area (Å²) in [6, 6.07) is 7.22. The van der Waals surface area contributed by atoms with Gasteiger partial charge in [-0.05, 0) is 19.1 Å². The molecule has 0 atom stereocenters. The van der Waals surface area contributed by atoms with Gasteiger partial charge in [0.15, 0.2) is 17.3 Å². The smallest absolute Gasteiger partial charge is 0.475 e. The zero-order valence-electron chi connectivity index (χ0n) is 20.2. The maximum Gasteiger partial charge on any atom is 0.490 e. The van der Waals surface area contributed by atoms with Crippen molar-refractivity contribution >= 4 is 17.1 Å². The van der Waals surface area contributed by atoms with E-state index in [-0.39, 0.29) is 16.8 Å². The van der Waals surface area contributed by atoms with Gasteiger partial charge >= 0.3 is 18.3 Å². The molecule has 198 valence electrons. The minimum Gasteiger partial charge on any atom is -0.475 e. The van der Waals surface area contributed by atoms with Gasteiger partial charge in [-0.25, -0.2) is 19.7 Å². The number of nitrogens with one attached hydrogen (secondary N) is 1. The molecular weight excluding hydrogens is 506 g/mol. The van der Waals surface area contributed by atoms with E-state index in [0.29, 0.717) is 22.7 Å². The van der Waals surface area contributed by atoms with E-state index < -0.39 is 23.9 Å². The number of H-pyrrole nitrogens is 1. The molecule has 0 aliphatic carbocycles. The number of imidazole rings is 1. The number of benzene rings is 1. The average Bonchev–Trinajstić information content (AvgIpc) is 3.36. The Hall–Kier alpha value is -3.97. The van der Waals surface area contributed by atoms with Crippen molar-refractivity contribution in [1.82, 2.24) is 29.7 Å². The second kappa shape index (κ2) is 9.48. The second-order valence-corrected chi connectivity index (χ2v) is 9.05. The lowest BCUT2D eigenvalue weighted by Gasteiger charge is -2.13. The summed E-state index contributed by atoms with van der Waals surface area (Å²) in [6.07, 6.45) is -9.59. The topological polar surface area (TPSA) is 110 Å². The van der Waals surface area contributed by atoms with Crippen molar-refractivity contribution in [2.24, 2.45) is 7.05 Å². The van der Waals surface area contributed by atoms with Crippen LogP contribution in [0, 0.1) is 6.92 Å². The van der Waals surface area contributed by atoms with E-state index in [1.165, 1.54) is 18.2 Å². The lowest BCUT2D eigenvalue weighted by Crippen LogP contribution is -2.21. The molecule has 4 rings (SSSR count). The van der Waals surface area contributed by atoms with Gasteiger partial charge in [0.25, 0.3) is 0 Å². The number of hydrogen-bond acceptors (Lipinski definition) is 5. The first-order valence-electron chi connectivity index (χ1n) is 10.7. The van der Waals surface area contributed by atoms with Crippen LogP contribution in [-0.4, -0.2) is 47.0 Å². The fourth-order valence-corrected chi connectivity index (χ4v) is 3.26. The van der Waals surface area contributed by atoms with Crippen molar-refractivity contribution in [3.8, 4) is 22.9 Å². The highest BCUT2D eigenvalue weighted by atomic mass is 19.4. The van der Waals surface area contributed by atoms with Crippen LogP contribution in [0.1, 0.15) is 37.7 Å². The molecule has 0 saturated heterocycles. The fraction of sp³-hybridized carbons (Fsp3) is 0.348. The standard InChI is InChI=1S/C21H21F3N6.C2HF3O2/c1-11-16-19(27-17(25-11)12-8-6-7-9-13(12)21(22,23)24)28-18(26-16)14-10-15(20(2,3)4)29-30(14)5;3-2(4,5)1(6)7/h6-10H,1-5H3,(H,25,26,27,28);(H,6,7). The van der Waals surface area contributed by atoms with E-state index in [4.69, 9.17) is 9.90 Å². The van der Waals surface area contributed by atoms with Crippen LogP contribution in [0.5, 0.6) is 0 Å². The van der Waals surface area contributed by atoms with Crippen molar-refractivity contribution in [2.45, 2.75) is 45.5 Å². The van der Waals surface area contributed by atoms with Gasteiger partial charge in [0.1, 0.15) is 11.2 Å². The van der Waals surface area contributed by atoms with Gasteiger partial charge in [0.2, 0.25) is 0 Å². The highest BCUT2D eigenvalue weighted by Crippen LogP contribution is 2.36. The Labute approximate surface area is 206 Å². The number of aliphatic carboxylic acids is 1. The summed E-state index contributed by atoms with van der Waals surface area (Å²) in [5, 5.41) is 11.7. The molecule has 1 aromatic carbocycles. The van der Waals surface area contributed by atoms with Crippen LogP contribution >= 0.6 is 0 Å². The highest BCUT2D eigenvalue weighted by Gasteiger charge is 2.38. The molecule has 0 unspecified atom stereocenters. The first kappa shape index (κ1) is 27.6. The summed E-state index contributed by atoms with van der Waals surface area (Å²) in [7, 11) is 1.82. The normalized spacial score (nSPS) is 12.4. The number of alkyl halides is 6. The minimum atomic E-state index is -5.08. The summed E-state index contributed by atoms with van der Waals surface area (Å²) >= 11 is 0. The Kier molecular flexibility index (Phi) is 7.08. The Morgan fingerprint density at radius 1 is 1.00 bits per heavy atom. The van der Waals surface area contributed by atoms with Crippen LogP contribution in [0.4, 0.5) is 26.3 Å². The Morgan fingerprint density at radius 3 is 2.11 bits per heavy atom. The van der Waals surface area contributed by atoms with Crippen LogP contribution in [-0.2, 0) is 23.4 Å². The van der Waals surface area contributed by atoms with Gasteiger partial charge in [-0.15, -0.1) is 0 Å². The Bertz CT molecular complexity index is 1450. The number of halogens is 6. The molecule has 37 heavy (non-hydrogen) atoms. The summed E-state index contributed by atoms with van der Waals surface area (Å²) in [4.78, 5) is 25.3. The number of carboxylic acids is 1. The maximum absolute atomic E-state index is 13.4. The lowest BCUT2D eigenvalue weighted by molar-refractivity contribution is -0.192. The number of carbonyl (C=O) groups is 1. The molecular formula is C23H22F6N6O2. The van der Waals surface area contributed by atoms with E-state index in [9.17, 15) is 26.3 Å². The van der Waals surface area contributed by atoms with E-state index in [1.807, 2.05) is 13.1 Å². The van der Waals surface area contributed by atoms with Gasteiger partial charge in [-0.1, -0.05) is 39.0 Å². The number of rotatable bonds is 2. The predicted molar refractivity (Wildman–Crippen MR) is 121 cm³/mol. The first-order chi connectivity index (χ1) is 16.9. The number of nitrogens with zero attached hydrogens (tertiary/aromatic N) is 5. The maximum atomic E-state index is 13.4. The van der Waals surface area contributed by atoms with Crippen molar-refractivity contribution in [1.29, 1.82) is 0 Å². The number of aromatic amines is 1. The number of hydrogen-bond donors (Lipinski definition) is 2. The number of aryl methyl sites for hydroxylation is 2. The quantitative estimate of drug-likeness (QED) is 0.324. The first-order valence-corrected chi connectivity index (χ1v) is 10.7. The van der Waals surface area contributed by atoms with E-state index >= 15 is 0 Å². The van der Waals surface area contributed by atoms with Crippen molar-refractivity contribution in [2.75, 3.05) is 0 Å². The molecule has 3 aromatic heterocycles. The molecule has 14 heteroatoms. The Balaban J connectivity index is 0.000000479. The monoisotopic (exact) mass is 528 g/mol. The van der Waals surface area contributed by atoms with Crippen LogP contribution < -0.4 is 0 Å². The number of aromatic nitrogens is 6. The molecule has 2 N–H and O–H groups in total. The predicted octanol–water partition coefficient (Wildman–Crippen LogP) is 5.68.